The van der Waals surface area contributed by atoms with E-state index in [4.69, 9.17) is 0 Å². The van der Waals surface area contributed by atoms with Crippen LogP contribution in [0, 0.1) is 0 Å². The molecule has 0 fully saturated rings. The maximum atomic E-state index is 12.3. The molecule has 0 aliphatic heterocycles. The molecule has 0 aliphatic rings. The van der Waals surface area contributed by atoms with Gasteiger partial charge in [0, 0.05) is 0 Å². The Labute approximate surface area is 98.8 Å². The highest BCUT2D eigenvalue weighted by Crippen LogP contribution is 2.40. The Morgan fingerprint density at radius 1 is 0.579 bits per heavy atom. The maximum absolute atomic E-state index is 12.3. The van der Waals surface area contributed by atoms with Gasteiger partial charge in [0.05, 0.1) is 0 Å². The number of halogens is 10. The second kappa shape index (κ2) is 4.66. The molecule has 13 heteroatoms. The van der Waals surface area contributed by atoms with Crippen LogP contribution in [0.1, 0.15) is 0 Å². The van der Waals surface area contributed by atoms with Crippen LogP contribution in [0.2, 0.25) is 0 Å². The van der Waals surface area contributed by atoms with Crippen molar-refractivity contribution in [3.05, 3.63) is 0 Å². The summed E-state index contributed by atoms with van der Waals surface area (Å²) in [6.07, 6.45) is -12.8. The van der Waals surface area contributed by atoms with E-state index >= 15 is 0 Å². The van der Waals surface area contributed by atoms with Gasteiger partial charge in [0.2, 0.25) is 0 Å². The zero-order valence-electron chi connectivity index (χ0n) is 8.42. The van der Waals surface area contributed by atoms with E-state index in [1.165, 1.54) is 0 Å². The van der Waals surface area contributed by atoms with Crippen molar-refractivity contribution in [2.45, 2.75) is 24.2 Å². The lowest BCUT2D eigenvalue weighted by molar-refractivity contribution is -0.274. The molecule has 0 aromatic rings. The summed E-state index contributed by atoms with van der Waals surface area (Å²) in [6.45, 7) is 0. The summed E-state index contributed by atoms with van der Waals surface area (Å²) in [5.74, 6) is -18.2. The van der Waals surface area contributed by atoms with Crippen molar-refractivity contribution in [3.8, 4) is 0 Å². The van der Waals surface area contributed by atoms with E-state index in [1.807, 2.05) is 0 Å². The third-order valence-corrected chi connectivity index (χ3v) is 3.24. The number of sulfone groups is 1. The zero-order valence-corrected chi connectivity index (χ0v) is 9.24. The van der Waals surface area contributed by atoms with Gasteiger partial charge in [-0.3, -0.25) is 0 Å². The van der Waals surface area contributed by atoms with E-state index in [9.17, 15) is 52.3 Å². The van der Waals surface area contributed by atoms with E-state index in [1.54, 1.807) is 0 Å². The van der Waals surface area contributed by atoms with Crippen LogP contribution in [0.3, 0.4) is 0 Å². The molecule has 0 saturated heterocycles. The molecule has 0 saturated carbocycles. The Hall–Kier alpha value is -0.750. The van der Waals surface area contributed by atoms with Crippen molar-refractivity contribution in [1.29, 1.82) is 0 Å². The minimum absolute atomic E-state index is 3.19. The van der Waals surface area contributed by atoms with E-state index in [0.29, 0.717) is 0 Å². The van der Waals surface area contributed by atoms with Crippen LogP contribution in [-0.2, 0) is 9.84 Å². The fourth-order valence-corrected chi connectivity index (χ4v) is 2.30. The summed E-state index contributed by atoms with van der Waals surface area (Å²) in [5.41, 5.74) is 0. The quantitative estimate of drug-likeness (QED) is 0.743. The van der Waals surface area contributed by atoms with Gasteiger partial charge in [-0.25, -0.2) is 8.42 Å². The van der Waals surface area contributed by atoms with Crippen LogP contribution in [0.15, 0.2) is 0 Å². The highest BCUT2D eigenvalue weighted by Gasteiger charge is 2.63. The van der Waals surface area contributed by atoms with Gasteiger partial charge < -0.3 is 0 Å². The Balaban J connectivity index is 5.16. The molecule has 0 atom stereocenters. The summed E-state index contributed by atoms with van der Waals surface area (Å²) in [6, 6.07) is 0. The van der Waals surface area contributed by atoms with E-state index < -0.39 is 45.5 Å². The van der Waals surface area contributed by atoms with Gasteiger partial charge in [0.25, 0.3) is 0 Å². The molecule has 0 aromatic carbocycles. The minimum Gasteiger partial charge on any atom is -0.228 e. The van der Waals surface area contributed by atoms with Crippen LogP contribution in [-0.4, -0.2) is 44.1 Å². The molecule has 0 N–H and O–H groups in total. The highest BCUT2D eigenvalue weighted by molar-refractivity contribution is 7.91. The van der Waals surface area contributed by atoms with Gasteiger partial charge in [0.1, 0.15) is 11.5 Å². The first-order chi connectivity index (χ1) is 7.91. The molecular weight excluding hydrogens is 326 g/mol. The molecule has 0 rings (SSSR count). The van der Waals surface area contributed by atoms with Gasteiger partial charge in [-0.2, -0.15) is 43.9 Å². The van der Waals surface area contributed by atoms with Crippen molar-refractivity contribution < 1.29 is 52.3 Å². The van der Waals surface area contributed by atoms with Gasteiger partial charge in [-0.05, 0) is 0 Å². The van der Waals surface area contributed by atoms with Crippen LogP contribution >= 0.6 is 0 Å². The third-order valence-electron chi connectivity index (χ3n) is 1.63. The first-order valence-electron chi connectivity index (χ1n) is 4.01. The molecule has 0 bridgehead atoms. The molecule has 0 aromatic heterocycles. The number of alkyl halides is 10. The standard InChI is InChI=1S/C6H4F10O2S/c7-3(8,5(11,12)13)1-19(17,18)2-4(9,10)6(14,15)16/h1-2H2. The third kappa shape index (κ3) is 4.69. The van der Waals surface area contributed by atoms with Crippen LogP contribution in [0.5, 0.6) is 0 Å². The van der Waals surface area contributed by atoms with Gasteiger partial charge in [0.15, 0.2) is 9.84 Å². The van der Waals surface area contributed by atoms with Crippen molar-refractivity contribution in [3.63, 3.8) is 0 Å². The lowest BCUT2D eigenvalue weighted by Gasteiger charge is -2.22. The predicted octanol–water partition coefficient (Wildman–Crippen LogP) is 2.80. The maximum Gasteiger partial charge on any atom is 0.454 e. The first kappa shape index (κ1) is 18.2. The minimum atomic E-state index is -6.38. The van der Waals surface area contributed by atoms with Crippen molar-refractivity contribution in [2.75, 3.05) is 11.5 Å². The molecule has 0 amide bonds. The van der Waals surface area contributed by atoms with Crippen molar-refractivity contribution >= 4 is 9.84 Å². The summed E-state index contributed by atoms with van der Waals surface area (Å²) in [4.78, 5) is 0. The second-order valence-corrected chi connectivity index (χ2v) is 5.50. The summed E-state index contributed by atoms with van der Waals surface area (Å²) < 4.78 is 140. The van der Waals surface area contributed by atoms with Crippen LogP contribution in [0.25, 0.3) is 0 Å². The molecule has 116 valence electrons. The molecule has 0 aliphatic carbocycles. The first-order valence-corrected chi connectivity index (χ1v) is 5.83. The Bertz CT molecular complexity index is 382. The molecule has 0 spiro atoms. The molecule has 0 radical (unpaired) electrons. The lowest BCUT2D eigenvalue weighted by Crippen LogP contribution is -2.48. The average molecular weight is 330 g/mol. The molecule has 0 unspecified atom stereocenters. The summed E-state index contributed by atoms with van der Waals surface area (Å²) in [5, 5.41) is 0. The number of hydrogen-bond donors (Lipinski definition) is 0. The van der Waals surface area contributed by atoms with Gasteiger partial charge in [-0.15, -0.1) is 0 Å². The second-order valence-electron chi connectivity index (χ2n) is 3.44. The topological polar surface area (TPSA) is 34.1 Å². The van der Waals surface area contributed by atoms with Gasteiger partial charge >= 0.3 is 24.2 Å². The van der Waals surface area contributed by atoms with Gasteiger partial charge in [-0.1, -0.05) is 0 Å². The zero-order chi connectivity index (χ0) is 15.9. The normalized spacial score (nSPS) is 15.7. The molecule has 0 heterocycles. The smallest absolute Gasteiger partial charge is 0.228 e. The summed E-state index contributed by atoms with van der Waals surface area (Å²) in [7, 11) is -6.00. The molecule has 2 nitrogen and oxygen atoms in total. The Morgan fingerprint density at radius 3 is 0.947 bits per heavy atom. The Morgan fingerprint density at radius 2 is 0.789 bits per heavy atom. The largest absolute Gasteiger partial charge is 0.454 e. The SMILES string of the molecule is O=S(=O)(CC(F)(F)C(F)(F)F)CC(F)(F)C(F)(F)F. The van der Waals surface area contributed by atoms with E-state index in [2.05, 4.69) is 0 Å². The predicted molar refractivity (Wildman–Crippen MR) is 40.7 cm³/mol. The fraction of sp³-hybridized carbons (Fsp3) is 1.00. The average Bonchev–Trinajstić information content (AvgIpc) is 1.93. The van der Waals surface area contributed by atoms with E-state index in [0.717, 1.165) is 0 Å². The fourth-order valence-electron chi connectivity index (χ4n) is 0.767. The van der Waals surface area contributed by atoms with Crippen molar-refractivity contribution in [1.82, 2.24) is 0 Å². The van der Waals surface area contributed by atoms with Crippen LogP contribution in [0.4, 0.5) is 43.9 Å². The summed E-state index contributed by atoms with van der Waals surface area (Å²) >= 11 is 0. The van der Waals surface area contributed by atoms with Crippen LogP contribution < -0.4 is 0 Å². The monoisotopic (exact) mass is 330 g/mol. The molecular formula is C6H4F10O2S. The highest BCUT2D eigenvalue weighted by atomic mass is 32.2. The number of hydrogen-bond acceptors (Lipinski definition) is 2. The van der Waals surface area contributed by atoms with E-state index in [-0.39, 0.29) is 0 Å². The lowest BCUT2D eigenvalue weighted by atomic mass is 10.4. The Kier molecular flexibility index (Phi) is 4.48. The van der Waals surface area contributed by atoms with Crippen molar-refractivity contribution in [2.24, 2.45) is 0 Å². The number of rotatable bonds is 4. The molecule has 19 heavy (non-hydrogen) atoms.